The van der Waals surface area contributed by atoms with Crippen LogP contribution in [0.25, 0.3) is 0 Å². The van der Waals surface area contributed by atoms with Crippen LogP contribution < -0.4 is 5.32 Å². The van der Waals surface area contributed by atoms with E-state index in [1.165, 1.54) is 25.0 Å². The molecule has 160 valence electrons. The van der Waals surface area contributed by atoms with E-state index in [0.29, 0.717) is 44.2 Å². The summed E-state index contributed by atoms with van der Waals surface area (Å²) < 4.78 is 13.4. The highest BCUT2D eigenvalue weighted by Gasteiger charge is 2.37. The van der Waals surface area contributed by atoms with Crippen LogP contribution in [-0.4, -0.2) is 85.9 Å². The van der Waals surface area contributed by atoms with Gasteiger partial charge in [-0.1, -0.05) is 18.9 Å². The summed E-state index contributed by atoms with van der Waals surface area (Å²) >= 11 is 0. The first-order valence-corrected chi connectivity index (χ1v) is 10.7. The van der Waals surface area contributed by atoms with E-state index in [9.17, 15) is 14.0 Å². The number of piperazine rings is 1. The van der Waals surface area contributed by atoms with Crippen LogP contribution in [0.1, 0.15) is 36.0 Å². The van der Waals surface area contributed by atoms with Crippen molar-refractivity contribution in [2.45, 2.75) is 31.7 Å². The van der Waals surface area contributed by atoms with Crippen LogP contribution in [0.4, 0.5) is 4.39 Å². The molecular formula is C22H33FN4O2. The average molecular weight is 405 g/mol. The number of rotatable bonds is 7. The summed E-state index contributed by atoms with van der Waals surface area (Å²) in [6.07, 6.45) is 4.55. The third kappa shape index (κ3) is 5.76. The topological polar surface area (TPSA) is 55.9 Å². The molecule has 2 amide bonds. The molecule has 1 aromatic carbocycles. The van der Waals surface area contributed by atoms with E-state index in [1.807, 2.05) is 14.1 Å². The smallest absolute Gasteiger partial charge is 0.254 e. The van der Waals surface area contributed by atoms with Crippen molar-refractivity contribution in [3.8, 4) is 0 Å². The van der Waals surface area contributed by atoms with Gasteiger partial charge in [0.2, 0.25) is 5.91 Å². The van der Waals surface area contributed by atoms with Gasteiger partial charge >= 0.3 is 0 Å². The zero-order chi connectivity index (χ0) is 20.8. The van der Waals surface area contributed by atoms with E-state index in [0.717, 1.165) is 19.4 Å². The van der Waals surface area contributed by atoms with Crippen molar-refractivity contribution in [2.24, 2.45) is 5.92 Å². The Morgan fingerprint density at radius 3 is 2.48 bits per heavy atom. The molecule has 2 aliphatic rings. The number of hydrogen-bond acceptors (Lipinski definition) is 4. The fourth-order valence-corrected chi connectivity index (χ4v) is 4.47. The third-order valence-corrected chi connectivity index (χ3v) is 6.04. The maximum Gasteiger partial charge on any atom is 0.254 e. The zero-order valence-electron chi connectivity index (χ0n) is 17.6. The molecule has 3 rings (SSSR count). The minimum Gasteiger partial charge on any atom is -0.353 e. The van der Waals surface area contributed by atoms with Crippen molar-refractivity contribution in [2.75, 3.05) is 53.4 Å². The fraction of sp³-hybridized carbons (Fsp3) is 0.636. The maximum absolute atomic E-state index is 13.4. The number of amides is 2. The van der Waals surface area contributed by atoms with E-state index in [4.69, 9.17) is 0 Å². The number of nitrogens with zero attached hydrogens (tertiary/aromatic N) is 3. The van der Waals surface area contributed by atoms with Gasteiger partial charge in [0.1, 0.15) is 5.82 Å². The lowest BCUT2D eigenvalue weighted by molar-refractivity contribution is -0.129. The third-order valence-electron chi connectivity index (χ3n) is 6.04. The lowest BCUT2D eigenvalue weighted by Crippen LogP contribution is -2.58. The molecule has 29 heavy (non-hydrogen) atoms. The number of carbonyl (C=O) groups is 2. The Morgan fingerprint density at radius 1 is 1.17 bits per heavy atom. The predicted octanol–water partition coefficient (Wildman–Crippen LogP) is 1.82. The van der Waals surface area contributed by atoms with Gasteiger partial charge in [-0.3, -0.25) is 14.5 Å². The van der Waals surface area contributed by atoms with Gasteiger partial charge in [0.15, 0.2) is 0 Å². The Hall–Kier alpha value is -1.99. The summed E-state index contributed by atoms with van der Waals surface area (Å²) in [7, 11) is 3.99. The SMILES string of the molecule is CN(C)CCNC(=O)C(C1CCCC1)N1CCN(C(=O)c2cccc(F)c2)CC1. The first kappa shape index (κ1) is 21.7. The Kier molecular flexibility index (Phi) is 7.61. The van der Waals surface area contributed by atoms with Gasteiger partial charge in [0.05, 0.1) is 6.04 Å². The molecule has 1 unspecified atom stereocenters. The van der Waals surface area contributed by atoms with E-state index in [-0.39, 0.29) is 17.9 Å². The molecule has 1 saturated carbocycles. The molecule has 1 aliphatic carbocycles. The molecule has 1 saturated heterocycles. The number of hydrogen-bond donors (Lipinski definition) is 1. The number of benzene rings is 1. The molecule has 6 nitrogen and oxygen atoms in total. The Morgan fingerprint density at radius 2 is 1.86 bits per heavy atom. The van der Waals surface area contributed by atoms with Gasteiger partial charge in [0, 0.05) is 44.8 Å². The van der Waals surface area contributed by atoms with Gasteiger partial charge in [-0.25, -0.2) is 4.39 Å². The second-order valence-corrected chi connectivity index (χ2v) is 8.42. The number of likely N-dealkylation sites (N-methyl/N-ethyl adjacent to an activating group) is 1. The van der Waals surface area contributed by atoms with E-state index >= 15 is 0 Å². The van der Waals surface area contributed by atoms with Crippen LogP contribution in [0.5, 0.6) is 0 Å². The molecule has 1 atom stereocenters. The first-order chi connectivity index (χ1) is 14.0. The standard InChI is InChI=1S/C22H33FN4O2/c1-25(2)11-10-24-21(28)20(17-6-3-4-7-17)26-12-14-27(15-13-26)22(29)18-8-5-9-19(23)16-18/h5,8-9,16-17,20H,3-4,6-7,10-15H2,1-2H3,(H,24,28). The average Bonchev–Trinajstić information content (AvgIpc) is 3.22. The predicted molar refractivity (Wildman–Crippen MR) is 111 cm³/mol. The number of nitrogens with one attached hydrogen (secondary N) is 1. The van der Waals surface area contributed by atoms with E-state index < -0.39 is 5.82 Å². The van der Waals surface area contributed by atoms with E-state index in [1.54, 1.807) is 17.0 Å². The fourth-order valence-electron chi connectivity index (χ4n) is 4.47. The highest BCUT2D eigenvalue weighted by molar-refractivity contribution is 5.94. The molecule has 1 N–H and O–H groups in total. The lowest BCUT2D eigenvalue weighted by Gasteiger charge is -2.40. The van der Waals surface area contributed by atoms with Crippen molar-refractivity contribution in [1.29, 1.82) is 0 Å². The van der Waals surface area contributed by atoms with Crippen LogP contribution in [0.15, 0.2) is 24.3 Å². The zero-order valence-corrected chi connectivity index (χ0v) is 17.6. The molecule has 1 heterocycles. The summed E-state index contributed by atoms with van der Waals surface area (Å²) in [6.45, 7) is 3.92. The summed E-state index contributed by atoms with van der Waals surface area (Å²) in [5.41, 5.74) is 0.382. The molecule has 1 aliphatic heterocycles. The van der Waals surface area contributed by atoms with Crippen LogP contribution in [-0.2, 0) is 4.79 Å². The molecule has 2 fully saturated rings. The van der Waals surface area contributed by atoms with Gasteiger partial charge < -0.3 is 15.1 Å². The van der Waals surface area contributed by atoms with Crippen LogP contribution >= 0.6 is 0 Å². The van der Waals surface area contributed by atoms with Crippen molar-refractivity contribution in [3.05, 3.63) is 35.6 Å². The minimum absolute atomic E-state index is 0.114. The van der Waals surface area contributed by atoms with Gasteiger partial charge in [0.25, 0.3) is 5.91 Å². The Labute approximate surface area is 173 Å². The van der Waals surface area contributed by atoms with Gasteiger partial charge in [-0.05, 0) is 51.1 Å². The summed E-state index contributed by atoms with van der Waals surface area (Å²) in [6, 6.07) is 5.72. The molecule has 0 spiro atoms. The second-order valence-electron chi connectivity index (χ2n) is 8.42. The highest BCUT2D eigenvalue weighted by atomic mass is 19.1. The molecule has 1 aromatic rings. The quantitative estimate of drug-likeness (QED) is 0.753. The lowest BCUT2D eigenvalue weighted by atomic mass is 9.95. The van der Waals surface area contributed by atoms with E-state index in [2.05, 4.69) is 15.1 Å². The molecule has 0 aromatic heterocycles. The Balaban J connectivity index is 1.60. The molecule has 7 heteroatoms. The summed E-state index contributed by atoms with van der Waals surface area (Å²) in [5.74, 6) is -0.0364. The normalized spacial score (nSPS) is 19.5. The van der Waals surface area contributed by atoms with Crippen molar-refractivity contribution in [1.82, 2.24) is 20.0 Å². The number of carbonyl (C=O) groups excluding carboxylic acids is 2. The highest BCUT2D eigenvalue weighted by Crippen LogP contribution is 2.31. The van der Waals surface area contributed by atoms with Crippen molar-refractivity contribution in [3.63, 3.8) is 0 Å². The summed E-state index contributed by atoms with van der Waals surface area (Å²) in [5, 5.41) is 3.11. The van der Waals surface area contributed by atoms with Crippen LogP contribution in [0, 0.1) is 11.7 Å². The minimum atomic E-state index is -0.398. The van der Waals surface area contributed by atoms with Crippen molar-refractivity contribution < 1.29 is 14.0 Å². The van der Waals surface area contributed by atoms with Crippen LogP contribution in [0.2, 0.25) is 0 Å². The second kappa shape index (κ2) is 10.2. The molecule has 0 bridgehead atoms. The largest absolute Gasteiger partial charge is 0.353 e. The molecule has 0 radical (unpaired) electrons. The van der Waals surface area contributed by atoms with Crippen molar-refractivity contribution >= 4 is 11.8 Å². The van der Waals surface area contributed by atoms with Gasteiger partial charge in [-0.2, -0.15) is 0 Å². The maximum atomic E-state index is 13.4. The Bertz CT molecular complexity index is 698. The molecular weight excluding hydrogens is 371 g/mol. The first-order valence-electron chi connectivity index (χ1n) is 10.7. The van der Waals surface area contributed by atoms with Crippen LogP contribution in [0.3, 0.4) is 0 Å². The van der Waals surface area contributed by atoms with Gasteiger partial charge in [-0.15, -0.1) is 0 Å². The summed E-state index contributed by atoms with van der Waals surface area (Å²) in [4.78, 5) is 31.7. The number of halogens is 1. The monoisotopic (exact) mass is 404 g/mol.